The molecule has 1 fully saturated rings. The average Bonchev–Trinajstić information content (AvgIpc) is 2.88. The molecule has 130 valence electrons. The highest BCUT2D eigenvalue weighted by molar-refractivity contribution is 6.15. The summed E-state index contributed by atoms with van der Waals surface area (Å²) in [5.41, 5.74) is 5.65. The molecule has 2 aromatic carbocycles. The quantitative estimate of drug-likeness (QED) is 0.749. The minimum Gasteiger partial charge on any atom is -0.298 e. The zero-order chi connectivity index (χ0) is 18.0. The lowest BCUT2D eigenvalue weighted by atomic mass is 9.83. The van der Waals surface area contributed by atoms with Gasteiger partial charge in [0.1, 0.15) is 11.7 Å². The fourth-order valence-corrected chi connectivity index (χ4v) is 4.14. The van der Waals surface area contributed by atoms with Crippen LogP contribution in [0, 0.1) is 12.8 Å². The van der Waals surface area contributed by atoms with E-state index in [1.807, 2.05) is 30.3 Å². The first-order valence-electron chi connectivity index (χ1n) is 9.27. The van der Waals surface area contributed by atoms with Gasteiger partial charge in [-0.3, -0.25) is 9.59 Å². The molecule has 1 saturated carbocycles. The molecule has 2 aromatic rings. The number of hydrogen-bond acceptors (Lipinski definition) is 2. The molecule has 0 bridgehead atoms. The van der Waals surface area contributed by atoms with Gasteiger partial charge < -0.3 is 0 Å². The van der Waals surface area contributed by atoms with E-state index in [0.29, 0.717) is 12.8 Å². The number of carbonyl (C=O) groups is 2. The summed E-state index contributed by atoms with van der Waals surface area (Å²) in [5, 5.41) is 0. The van der Waals surface area contributed by atoms with Gasteiger partial charge in [-0.15, -0.1) is 0 Å². The molecule has 0 spiro atoms. The molecule has 2 unspecified atom stereocenters. The first kappa shape index (κ1) is 17.6. The van der Waals surface area contributed by atoms with Gasteiger partial charge in [-0.05, 0) is 48.4 Å². The Labute approximate surface area is 150 Å². The van der Waals surface area contributed by atoms with Gasteiger partial charge in [0.15, 0.2) is 5.78 Å². The first-order chi connectivity index (χ1) is 12.0. The Morgan fingerprint density at radius 1 is 0.960 bits per heavy atom. The molecule has 0 N–H and O–H groups in total. The van der Waals surface area contributed by atoms with E-state index in [0.717, 1.165) is 35.1 Å². The van der Waals surface area contributed by atoms with Crippen molar-refractivity contribution >= 4 is 11.6 Å². The van der Waals surface area contributed by atoms with E-state index in [9.17, 15) is 9.59 Å². The smallest absolute Gasteiger partial charge is 0.151 e. The van der Waals surface area contributed by atoms with Crippen molar-refractivity contribution in [2.45, 2.75) is 52.4 Å². The largest absolute Gasteiger partial charge is 0.298 e. The second-order valence-corrected chi connectivity index (χ2v) is 7.10. The van der Waals surface area contributed by atoms with Crippen LogP contribution in [0.2, 0.25) is 0 Å². The number of Topliss-reactive ketones (excluding diaryl/α,β-unsaturated/α-hetero) is 2. The number of ketones is 2. The molecule has 1 aliphatic rings. The van der Waals surface area contributed by atoms with Crippen molar-refractivity contribution in [2.75, 3.05) is 0 Å². The normalized spacial score (nSPS) is 20.3. The van der Waals surface area contributed by atoms with Gasteiger partial charge in [0.05, 0.1) is 0 Å². The molecule has 0 aromatic heterocycles. The van der Waals surface area contributed by atoms with Crippen LogP contribution in [0.15, 0.2) is 42.5 Å². The Kier molecular flexibility index (Phi) is 5.17. The summed E-state index contributed by atoms with van der Waals surface area (Å²) in [7, 11) is 0. The Hall–Kier alpha value is -2.22. The summed E-state index contributed by atoms with van der Waals surface area (Å²) in [6.07, 6.45) is 2.74. The number of rotatable bonds is 5. The fraction of sp³-hybridized carbons (Fsp3) is 0.391. The van der Waals surface area contributed by atoms with E-state index >= 15 is 0 Å². The van der Waals surface area contributed by atoms with Crippen molar-refractivity contribution in [3.05, 3.63) is 70.3 Å². The van der Waals surface area contributed by atoms with Crippen LogP contribution in [0.1, 0.15) is 54.0 Å². The molecule has 0 saturated heterocycles. The second-order valence-electron chi connectivity index (χ2n) is 7.10. The maximum atomic E-state index is 13.1. The molecule has 2 nitrogen and oxygen atoms in total. The average molecular weight is 334 g/mol. The van der Waals surface area contributed by atoms with Crippen molar-refractivity contribution in [3.63, 3.8) is 0 Å². The van der Waals surface area contributed by atoms with E-state index in [4.69, 9.17) is 0 Å². The minimum atomic E-state index is -0.556. The Morgan fingerprint density at radius 2 is 1.56 bits per heavy atom. The maximum absolute atomic E-state index is 13.1. The highest BCUT2D eigenvalue weighted by atomic mass is 16.2. The van der Waals surface area contributed by atoms with E-state index < -0.39 is 5.92 Å². The molecule has 2 heteroatoms. The zero-order valence-corrected chi connectivity index (χ0v) is 15.3. The van der Waals surface area contributed by atoms with Crippen molar-refractivity contribution in [2.24, 2.45) is 5.92 Å². The summed E-state index contributed by atoms with van der Waals surface area (Å²) < 4.78 is 0. The molecular formula is C23H26O2. The van der Waals surface area contributed by atoms with Gasteiger partial charge in [-0.25, -0.2) is 0 Å². The molecular weight excluding hydrogens is 308 g/mol. The molecule has 0 radical (unpaired) electrons. The summed E-state index contributed by atoms with van der Waals surface area (Å²) in [4.78, 5) is 25.9. The number of benzene rings is 2. The van der Waals surface area contributed by atoms with Gasteiger partial charge in [0.2, 0.25) is 0 Å². The number of aryl methyl sites for hydroxylation is 3. The van der Waals surface area contributed by atoms with Crippen LogP contribution >= 0.6 is 0 Å². The van der Waals surface area contributed by atoms with Crippen LogP contribution in [-0.4, -0.2) is 11.6 Å². The third kappa shape index (κ3) is 3.44. The monoisotopic (exact) mass is 334 g/mol. The van der Waals surface area contributed by atoms with Crippen LogP contribution in [0.25, 0.3) is 0 Å². The van der Waals surface area contributed by atoms with Crippen LogP contribution in [0.3, 0.4) is 0 Å². The summed E-state index contributed by atoms with van der Waals surface area (Å²) in [6, 6.07) is 14.3. The molecule has 25 heavy (non-hydrogen) atoms. The van der Waals surface area contributed by atoms with Crippen LogP contribution in [-0.2, 0) is 28.9 Å². The van der Waals surface area contributed by atoms with Gasteiger partial charge in [0.25, 0.3) is 0 Å². The lowest BCUT2D eigenvalue weighted by Crippen LogP contribution is -2.20. The lowest BCUT2D eigenvalue weighted by molar-refractivity contribution is -0.124. The number of hydrogen-bond donors (Lipinski definition) is 0. The third-order valence-electron chi connectivity index (χ3n) is 5.33. The van der Waals surface area contributed by atoms with E-state index in [1.54, 1.807) is 0 Å². The molecule has 0 aliphatic heterocycles. The van der Waals surface area contributed by atoms with Crippen molar-refractivity contribution in [1.29, 1.82) is 0 Å². The van der Waals surface area contributed by atoms with Gasteiger partial charge in [-0.1, -0.05) is 61.9 Å². The summed E-state index contributed by atoms with van der Waals surface area (Å²) >= 11 is 0. The summed E-state index contributed by atoms with van der Waals surface area (Å²) in [6.45, 7) is 6.28. The second kappa shape index (κ2) is 7.35. The van der Waals surface area contributed by atoms with Crippen molar-refractivity contribution in [1.82, 2.24) is 0 Å². The lowest BCUT2D eigenvalue weighted by Gasteiger charge is -2.19. The van der Waals surface area contributed by atoms with E-state index in [-0.39, 0.29) is 17.5 Å². The van der Waals surface area contributed by atoms with Crippen LogP contribution < -0.4 is 0 Å². The van der Waals surface area contributed by atoms with Crippen molar-refractivity contribution < 1.29 is 9.59 Å². The number of carbonyl (C=O) groups excluding carboxylic acids is 2. The van der Waals surface area contributed by atoms with Gasteiger partial charge in [-0.2, -0.15) is 0 Å². The fourth-order valence-electron chi connectivity index (χ4n) is 4.14. The predicted octanol–water partition coefficient (Wildman–Crippen LogP) is 4.60. The minimum absolute atomic E-state index is 0.0965. The van der Waals surface area contributed by atoms with Crippen molar-refractivity contribution in [3.8, 4) is 0 Å². The Morgan fingerprint density at radius 3 is 2.12 bits per heavy atom. The molecule has 1 aliphatic carbocycles. The molecule has 0 heterocycles. The van der Waals surface area contributed by atoms with E-state index in [1.165, 1.54) is 5.56 Å². The third-order valence-corrected chi connectivity index (χ3v) is 5.33. The highest BCUT2D eigenvalue weighted by Gasteiger charge is 2.43. The molecule has 2 atom stereocenters. The Balaban J connectivity index is 1.96. The first-order valence-corrected chi connectivity index (χ1v) is 9.27. The highest BCUT2D eigenvalue weighted by Crippen LogP contribution is 2.38. The van der Waals surface area contributed by atoms with E-state index in [2.05, 4.69) is 32.9 Å². The zero-order valence-electron chi connectivity index (χ0n) is 15.3. The standard InChI is InChI=1S/C23H26O2/c1-4-17-11-15(3)12-18(5-2)21(17)22-20(24)14-19(23(22)25)13-16-9-7-6-8-10-16/h6-12,19,22H,4-5,13-14H2,1-3H3. The maximum Gasteiger partial charge on any atom is 0.151 e. The van der Waals surface area contributed by atoms with Crippen LogP contribution in [0.4, 0.5) is 0 Å². The molecule has 3 rings (SSSR count). The topological polar surface area (TPSA) is 34.1 Å². The summed E-state index contributed by atoms with van der Waals surface area (Å²) in [5.74, 6) is -0.531. The van der Waals surface area contributed by atoms with Gasteiger partial charge in [0, 0.05) is 12.3 Å². The predicted molar refractivity (Wildman–Crippen MR) is 101 cm³/mol. The SMILES string of the molecule is CCc1cc(C)cc(CC)c1C1C(=O)CC(Cc2ccccc2)C1=O. The molecule has 0 amide bonds. The van der Waals surface area contributed by atoms with Crippen LogP contribution in [0.5, 0.6) is 0 Å². The van der Waals surface area contributed by atoms with Gasteiger partial charge >= 0.3 is 0 Å². The Bertz CT molecular complexity index is 764.